The molecule has 0 spiro atoms. The molecule has 1 aliphatic rings. The first-order valence-electron chi connectivity index (χ1n) is 9.88. The molecule has 1 saturated heterocycles. The summed E-state index contributed by atoms with van der Waals surface area (Å²) in [5, 5.41) is 5.41. The molecule has 2 atom stereocenters. The minimum absolute atomic E-state index is 0.223. The Morgan fingerprint density at radius 3 is 2.57 bits per heavy atom. The molecule has 2 aromatic rings. The minimum atomic E-state index is -0.591. The van der Waals surface area contributed by atoms with E-state index in [1.54, 1.807) is 23.1 Å². The molecular formula is C21H27Cl2N3O4. The predicted molar refractivity (Wildman–Crippen MR) is 113 cm³/mol. The van der Waals surface area contributed by atoms with Gasteiger partial charge in [-0.05, 0) is 17.7 Å². The van der Waals surface area contributed by atoms with E-state index in [9.17, 15) is 4.79 Å². The SMILES string of the molecule is CC(=O)OC(C(Cc1ccc(Cl)cc1Cl)n1cncn1)C1(C)COC(C(C)C)OC1. The van der Waals surface area contributed by atoms with Crippen LogP contribution in [-0.4, -0.2) is 46.3 Å². The maximum absolute atomic E-state index is 12.1. The smallest absolute Gasteiger partial charge is 0.303 e. The summed E-state index contributed by atoms with van der Waals surface area (Å²) in [5.41, 5.74) is 0.270. The van der Waals surface area contributed by atoms with Crippen molar-refractivity contribution >= 4 is 29.2 Å². The third-order valence-corrected chi connectivity index (χ3v) is 5.84. The highest BCUT2D eigenvalue weighted by molar-refractivity contribution is 6.35. The average molecular weight is 456 g/mol. The number of benzene rings is 1. The van der Waals surface area contributed by atoms with E-state index < -0.39 is 11.5 Å². The summed E-state index contributed by atoms with van der Waals surface area (Å²) in [5.74, 6) is -0.166. The molecule has 3 rings (SSSR count). The van der Waals surface area contributed by atoms with Crippen molar-refractivity contribution in [3.63, 3.8) is 0 Å². The van der Waals surface area contributed by atoms with Crippen LogP contribution in [0.3, 0.4) is 0 Å². The highest BCUT2D eigenvalue weighted by atomic mass is 35.5. The second kappa shape index (κ2) is 9.64. The molecule has 2 unspecified atom stereocenters. The Morgan fingerprint density at radius 1 is 1.33 bits per heavy atom. The van der Waals surface area contributed by atoms with Gasteiger partial charge in [0.15, 0.2) is 6.29 Å². The van der Waals surface area contributed by atoms with Crippen molar-refractivity contribution in [1.82, 2.24) is 14.8 Å². The van der Waals surface area contributed by atoms with Crippen molar-refractivity contribution in [2.75, 3.05) is 13.2 Å². The number of nitrogens with zero attached hydrogens (tertiary/aromatic N) is 3. The second-order valence-corrected chi connectivity index (χ2v) is 9.14. The highest BCUT2D eigenvalue weighted by Gasteiger charge is 2.47. The lowest BCUT2D eigenvalue weighted by molar-refractivity contribution is -0.265. The van der Waals surface area contributed by atoms with Gasteiger partial charge >= 0.3 is 5.97 Å². The summed E-state index contributed by atoms with van der Waals surface area (Å²) in [6.07, 6.45) is 2.64. The molecule has 0 aliphatic carbocycles. The van der Waals surface area contributed by atoms with Crippen molar-refractivity contribution < 1.29 is 19.0 Å². The predicted octanol–water partition coefficient (Wildman–Crippen LogP) is 4.34. The van der Waals surface area contributed by atoms with Crippen LogP contribution < -0.4 is 0 Å². The van der Waals surface area contributed by atoms with Crippen molar-refractivity contribution in [3.8, 4) is 0 Å². The van der Waals surface area contributed by atoms with Gasteiger partial charge in [0, 0.05) is 29.3 Å². The van der Waals surface area contributed by atoms with Crippen molar-refractivity contribution in [1.29, 1.82) is 0 Å². The first kappa shape index (κ1) is 23.0. The lowest BCUT2D eigenvalue weighted by Crippen LogP contribution is -2.53. The zero-order valence-corrected chi connectivity index (χ0v) is 19.1. The molecule has 30 heavy (non-hydrogen) atoms. The Hall–Kier alpha value is -1.67. The van der Waals surface area contributed by atoms with E-state index in [4.69, 9.17) is 37.4 Å². The van der Waals surface area contributed by atoms with Gasteiger partial charge in [0.05, 0.1) is 24.7 Å². The standard InChI is InChI=1S/C21H27Cl2N3O4/c1-13(2)20-28-9-21(4,10-29-20)19(30-14(3)27)18(26-12-24-11-25-26)7-15-5-6-16(22)8-17(15)23/h5-6,8,11-13,18-20H,7,9-10H2,1-4H3. The number of halogens is 2. The second-order valence-electron chi connectivity index (χ2n) is 8.30. The van der Waals surface area contributed by atoms with Gasteiger partial charge in [-0.15, -0.1) is 0 Å². The largest absolute Gasteiger partial charge is 0.459 e. The van der Waals surface area contributed by atoms with Gasteiger partial charge in [0.1, 0.15) is 18.8 Å². The van der Waals surface area contributed by atoms with E-state index in [0.29, 0.717) is 29.7 Å². The monoisotopic (exact) mass is 455 g/mol. The number of rotatable bonds is 7. The minimum Gasteiger partial charge on any atom is -0.459 e. The Bertz CT molecular complexity index is 852. The molecule has 1 aromatic carbocycles. The Labute approximate surface area is 186 Å². The topological polar surface area (TPSA) is 75.5 Å². The van der Waals surface area contributed by atoms with Crippen LogP contribution in [0.1, 0.15) is 39.3 Å². The molecule has 0 bridgehead atoms. The van der Waals surface area contributed by atoms with Gasteiger partial charge in [-0.3, -0.25) is 4.79 Å². The van der Waals surface area contributed by atoms with Crippen LogP contribution in [0.2, 0.25) is 10.0 Å². The van der Waals surface area contributed by atoms with Crippen LogP contribution in [0.5, 0.6) is 0 Å². The van der Waals surface area contributed by atoms with Gasteiger partial charge in [0.25, 0.3) is 0 Å². The fraction of sp³-hybridized carbons (Fsp3) is 0.571. The lowest BCUT2D eigenvalue weighted by atomic mass is 9.79. The van der Waals surface area contributed by atoms with E-state index in [2.05, 4.69) is 10.1 Å². The summed E-state index contributed by atoms with van der Waals surface area (Å²) in [4.78, 5) is 16.1. The summed E-state index contributed by atoms with van der Waals surface area (Å²) < 4.78 is 19.5. The van der Waals surface area contributed by atoms with Crippen molar-refractivity contribution in [2.45, 2.75) is 52.6 Å². The van der Waals surface area contributed by atoms with Crippen LogP contribution in [-0.2, 0) is 25.4 Å². The van der Waals surface area contributed by atoms with Crippen LogP contribution in [0, 0.1) is 11.3 Å². The Balaban J connectivity index is 1.95. The van der Waals surface area contributed by atoms with E-state index >= 15 is 0 Å². The third kappa shape index (κ3) is 5.32. The van der Waals surface area contributed by atoms with Crippen LogP contribution >= 0.6 is 23.2 Å². The van der Waals surface area contributed by atoms with E-state index in [-0.39, 0.29) is 24.2 Å². The first-order chi connectivity index (χ1) is 14.2. The van der Waals surface area contributed by atoms with Crippen molar-refractivity contribution in [2.24, 2.45) is 11.3 Å². The number of ether oxygens (including phenoxy) is 3. The molecule has 7 nitrogen and oxygen atoms in total. The van der Waals surface area contributed by atoms with Crippen molar-refractivity contribution in [3.05, 3.63) is 46.5 Å². The normalized spacial score (nSPS) is 23.9. The molecule has 0 amide bonds. The number of aromatic nitrogens is 3. The molecule has 1 aromatic heterocycles. The van der Waals surface area contributed by atoms with Crippen LogP contribution in [0.15, 0.2) is 30.9 Å². The molecule has 0 saturated carbocycles. The molecule has 0 N–H and O–H groups in total. The molecule has 1 aliphatic heterocycles. The maximum atomic E-state index is 12.1. The number of esters is 1. The number of carbonyl (C=O) groups excluding carboxylic acids is 1. The summed E-state index contributed by atoms with van der Waals surface area (Å²) in [6, 6.07) is 4.97. The molecule has 164 valence electrons. The summed E-state index contributed by atoms with van der Waals surface area (Å²) in [6.45, 7) is 8.23. The fourth-order valence-electron chi connectivity index (χ4n) is 3.69. The molecule has 1 fully saturated rings. The van der Waals surface area contributed by atoms with Gasteiger partial charge in [0.2, 0.25) is 0 Å². The number of hydrogen-bond donors (Lipinski definition) is 0. The molecule has 9 heteroatoms. The average Bonchev–Trinajstić information content (AvgIpc) is 3.20. The molecule has 2 heterocycles. The fourth-order valence-corrected chi connectivity index (χ4v) is 4.17. The third-order valence-electron chi connectivity index (χ3n) is 5.25. The first-order valence-corrected chi connectivity index (χ1v) is 10.6. The van der Waals surface area contributed by atoms with E-state index in [1.165, 1.54) is 13.3 Å². The quantitative estimate of drug-likeness (QED) is 0.578. The van der Waals surface area contributed by atoms with Gasteiger partial charge in [-0.25, -0.2) is 9.67 Å². The Kier molecular flexibility index (Phi) is 7.39. The van der Waals surface area contributed by atoms with Crippen LogP contribution in [0.25, 0.3) is 0 Å². The van der Waals surface area contributed by atoms with Gasteiger partial charge < -0.3 is 14.2 Å². The molecular weight excluding hydrogens is 429 g/mol. The lowest BCUT2D eigenvalue weighted by Gasteiger charge is -2.45. The summed E-state index contributed by atoms with van der Waals surface area (Å²) in [7, 11) is 0. The molecule has 0 radical (unpaired) electrons. The van der Waals surface area contributed by atoms with E-state index in [0.717, 1.165) is 5.56 Å². The van der Waals surface area contributed by atoms with Gasteiger partial charge in [-0.2, -0.15) is 5.10 Å². The maximum Gasteiger partial charge on any atom is 0.303 e. The van der Waals surface area contributed by atoms with Crippen LogP contribution in [0.4, 0.5) is 0 Å². The number of carbonyl (C=O) groups is 1. The Morgan fingerprint density at radius 2 is 2.03 bits per heavy atom. The number of hydrogen-bond acceptors (Lipinski definition) is 6. The highest BCUT2D eigenvalue weighted by Crippen LogP contribution is 2.39. The van der Waals surface area contributed by atoms with Gasteiger partial charge in [-0.1, -0.05) is 50.0 Å². The zero-order chi connectivity index (χ0) is 21.9. The zero-order valence-electron chi connectivity index (χ0n) is 17.5. The summed E-state index contributed by atoms with van der Waals surface area (Å²) >= 11 is 12.5. The van der Waals surface area contributed by atoms with E-state index in [1.807, 2.05) is 26.8 Å².